The van der Waals surface area contributed by atoms with Crippen LogP contribution in [0, 0.1) is 0 Å². The van der Waals surface area contributed by atoms with Crippen molar-refractivity contribution in [1.29, 1.82) is 0 Å². The van der Waals surface area contributed by atoms with Gasteiger partial charge in [-0.15, -0.1) is 11.3 Å². The van der Waals surface area contributed by atoms with Crippen molar-refractivity contribution in [3.8, 4) is 0 Å². The summed E-state index contributed by atoms with van der Waals surface area (Å²) in [5, 5.41) is 5.33. The van der Waals surface area contributed by atoms with E-state index in [1.165, 1.54) is 18.4 Å². The molecular weight excluding hydrogens is 234 g/mol. The van der Waals surface area contributed by atoms with Gasteiger partial charge in [-0.3, -0.25) is 4.79 Å². The molecule has 86 valence electrons. The van der Waals surface area contributed by atoms with Gasteiger partial charge in [0.05, 0.1) is 7.11 Å². The third kappa shape index (κ3) is 3.31. The first-order valence-electron chi connectivity index (χ1n) is 4.10. The van der Waals surface area contributed by atoms with E-state index in [1.54, 1.807) is 5.38 Å². The Morgan fingerprint density at radius 2 is 2.50 bits per heavy atom. The van der Waals surface area contributed by atoms with Crippen LogP contribution in [0.2, 0.25) is 0 Å². The number of thiazole rings is 1. The van der Waals surface area contributed by atoms with Crippen LogP contribution in [-0.4, -0.2) is 36.7 Å². The van der Waals surface area contributed by atoms with Crippen molar-refractivity contribution in [1.82, 2.24) is 4.98 Å². The molecule has 0 aliphatic heterocycles. The fraction of sp³-hybridized carbons (Fsp3) is 0.250. The smallest absolute Gasteiger partial charge is 0.346 e. The van der Waals surface area contributed by atoms with Crippen molar-refractivity contribution in [2.45, 2.75) is 0 Å². The third-order valence-electron chi connectivity index (χ3n) is 1.47. The summed E-state index contributed by atoms with van der Waals surface area (Å²) in [6.07, 6.45) is 0.464. The van der Waals surface area contributed by atoms with Crippen LogP contribution in [0.4, 0.5) is 5.13 Å². The lowest BCUT2D eigenvalue weighted by Gasteiger charge is -1.97. The average molecular weight is 243 g/mol. The lowest BCUT2D eigenvalue weighted by molar-refractivity contribution is -0.145. The number of hydrogen-bond donors (Lipinski definition) is 1. The Bertz CT molecular complexity index is 415. The van der Waals surface area contributed by atoms with Gasteiger partial charge in [-0.2, -0.15) is 0 Å². The van der Waals surface area contributed by atoms with Crippen LogP contribution in [0.1, 0.15) is 5.69 Å². The zero-order chi connectivity index (χ0) is 12.0. The Morgan fingerprint density at radius 3 is 3.00 bits per heavy atom. The van der Waals surface area contributed by atoms with Crippen LogP contribution >= 0.6 is 11.3 Å². The number of anilines is 1. The van der Waals surface area contributed by atoms with E-state index < -0.39 is 5.97 Å². The predicted molar refractivity (Wildman–Crippen MR) is 57.1 cm³/mol. The second kappa shape index (κ2) is 5.81. The molecule has 0 spiro atoms. The van der Waals surface area contributed by atoms with Gasteiger partial charge < -0.3 is 15.3 Å². The summed E-state index contributed by atoms with van der Waals surface area (Å²) in [5.74, 6) is -0.591. The quantitative estimate of drug-likeness (QED) is 0.333. The number of ether oxygens (including phenoxy) is 1. The van der Waals surface area contributed by atoms with Gasteiger partial charge in [0.25, 0.3) is 0 Å². The van der Waals surface area contributed by atoms with Crippen LogP contribution in [0.25, 0.3) is 0 Å². The summed E-state index contributed by atoms with van der Waals surface area (Å²) in [7, 11) is 1.22. The Balaban J connectivity index is 2.64. The number of nitrogens with zero attached hydrogens (tertiary/aromatic N) is 2. The fourth-order valence-electron chi connectivity index (χ4n) is 0.747. The SMILES string of the molecule is COC(=O)CO/N=C(\C=O)c1csc(N)n1. The molecule has 0 aliphatic rings. The normalized spacial score (nSPS) is 10.9. The fourth-order valence-corrected chi connectivity index (χ4v) is 1.30. The molecule has 0 saturated carbocycles. The number of esters is 1. The molecule has 8 heteroatoms. The summed E-state index contributed by atoms with van der Waals surface area (Å²) in [4.78, 5) is 29.8. The molecule has 1 aromatic rings. The largest absolute Gasteiger partial charge is 0.466 e. The van der Waals surface area contributed by atoms with E-state index in [9.17, 15) is 9.59 Å². The molecule has 0 fully saturated rings. The number of nitrogens with two attached hydrogens (primary N) is 1. The third-order valence-corrected chi connectivity index (χ3v) is 2.14. The van der Waals surface area contributed by atoms with Gasteiger partial charge in [0.15, 0.2) is 17.1 Å². The number of rotatable bonds is 5. The van der Waals surface area contributed by atoms with Gasteiger partial charge >= 0.3 is 5.97 Å². The van der Waals surface area contributed by atoms with Gasteiger partial charge in [-0.25, -0.2) is 9.78 Å². The topological polar surface area (TPSA) is 104 Å². The predicted octanol–water partition coefficient (Wildman–Crippen LogP) is -0.182. The highest BCUT2D eigenvalue weighted by Crippen LogP contribution is 2.11. The molecule has 0 aromatic carbocycles. The van der Waals surface area contributed by atoms with Crippen LogP contribution < -0.4 is 5.73 Å². The molecule has 0 unspecified atom stereocenters. The highest BCUT2D eigenvalue weighted by molar-refractivity contribution is 7.13. The number of aldehydes is 1. The lowest BCUT2D eigenvalue weighted by Crippen LogP contribution is -2.10. The number of oxime groups is 1. The zero-order valence-electron chi connectivity index (χ0n) is 8.37. The van der Waals surface area contributed by atoms with Crippen molar-refractivity contribution < 1.29 is 19.2 Å². The molecule has 2 N–H and O–H groups in total. The van der Waals surface area contributed by atoms with Crippen molar-refractivity contribution in [2.24, 2.45) is 5.16 Å². The second-order valence-corrected chi connectivity index (χ2v) is 3.40. The first kappa shape index (κ1) is 12.1. The van der Waals surface area contributed by atoms with Gasteiger partial charge in [0.1, 0.15) is 5.69 Å². The number of nitrogen functional groups attached to an aromatic ring is 1. The maximum absolute atomic E-state index is 10.7. The minimum Gasteiger partial charge on any atom is -0.466 e. The van der Waals surface area contributed by atoms with Crippen LogP contribution in [0.3, 0.4) is 0 Å². The molecule has 1 heterocycles. The Morgan fingerprint density at radius 1 is 1.75 bits per heavy atom. The van der Waals surface area contributed by atoms with E-state index in [-0.39, 0.29) is 12.3 Å². The molecule has 0 saturated heterocycles. The molecule has 1 aromatic heterocycles. The minimum atomic E-state index is -0.591. The van der Waals surface area contributed by atoms with Crippen molar-refractivity contribution >= 4 is 34.4 Å². The number of hydrogen-bond acceptors (Lipinski definition) is 8. The molecule has 0 bridgehead atoms. The summed E-state index contributed by atoms with van der Waals surface area (Å²) in [6.45, 7) is -0.368. The number of carbonyl (C=O) groups excluding carboxylic acids is 2. The molecular formula is C8H9N3O4S. The highest BCUT2D eigenvalue weighted by Gasteiger charge is 2.08. The molecule has 16 heavy (non-hydrogen) atoms. The summed E-state index contributed by atoms with van der Waals surface area (Å²) >= 11 is 1.17. The van der Waals surface area contributed by atoms with Gasteiger partial charge in [0.2, 0.25) is 6.61 Å². The number of methoxy groups -OCH3 is 1. The molecule has 0 atom stereocenters. The Hall–Kier alpha value is -1.96. The van der Waals surface area contributed by atoms with E-state index in [1.807, 2.05) is 0 Å². The van der Waals surface area contributed by atoms with Gasteiger partial charge in [0, 0.05) is 5.38 Å². The zero-order valence-corrected chi connectivity index (χ0v) is 9.19. The average Bonchev–Trinajstić information content (AvgIpc) is 2.70. The monoisotopic (exact) mass is 243 g/mol. The number of carbonyl (C=O) groups is 2. The highest BCUT2D eigenvalue weighted by atomic mass is 32.1. The maximum Gasteiger partial charge on any atom is 0.346 e. The standard InChI is InChI=1S/C8H9N3O4S/c1-14-7(13)3-15-11-5(2-12)6-4-16-8(9)10-6/h2,4H,3H2,1H3,(H2,9,10)/b11-5+. The Kier molecular flexibility index (Phi) is 4.40. The molecule has 1 rings (SSSR count). The van der Waals surface area contributed by atoms with Gasteiger partial charge in [-0.05, 0) is 0 Å². The summed E-state index contributed by atoms with van der Waals surface area (Å²) in [5.41, 5.74) is 5.67. The van der Waals surface area contributed by atoms with Crippen LogP contribution in [0.5, 0.6) is 0 Å². The number of aromatic nitrogens is 1. The first-order chi connectivity index (χ1) is 7.67. The summed E-state index contributed by atoms with van der Waals surface area (Å²) < 4.78 is 4.32. The van der Waals surface area contributed by atoms with E-state index in [4.69, 9.17) is 5.73 Å². The van der Waals surface area contributed by atoms with E-state index in [0.717, 1.165) is 0 Å². The van der Waals surface area contributed by atoms with Crippen LogP contribution in [-0.2, 0) is 19.2 Å². The van der Waals surface area contributed by atoms with E-state index >= 15 is 0 Å². The second-order valence-electron chi connectivity index (χ2n) is 2.51. The minimum absolute atomic E-state index is 0.0307. The van der Waals surface area contributed by atoms with E-state index in [2.05, 4.69) is 19.7 Å². The first-order valence-corrected chi connectivity index (χ1v) is 4.98. The maximum atomic E-state index is 10.7. The Labute approximate surface area is 94.9 Å². The molecule has 0 aliphatic carbocycles. The molecule has 0 radical (unpaired) electrons. The lowest BCUT2D eigenvalue weighted by atomic mass is 10.3. The van der Waals surface area contributed by atoms with Crippen molar-refractivity contribution in [2.75, 3.05) is 19.5 Å². The van der Waals surface area contributed by atoms with Gasteiger partial charge in [-0.1, -0.05) is 5.16 Å². The van der Waals surface area contributed by atoms with Crippen molar-refractivity contribution in [3.05, 3.63) is 11.1 Å². The van der Waals surface area contributed by atoms with E-state index in [0.29, 0.717) is 17.1 Å². The van der Waals surface area contributed by atoms with Crippen molar-refractivity contribution in [3.63, 3.8) is 0 Å². The molecule has 7 nitrogen and oxygen atoms in total. The molecule has 0 amide bonds. The summed E-state index contributed by atoms with van der Waals surface area (Å²) in [6, 6.07) is 0. The van der Waals surface area contributed by atoms with Crippen LogP contribution in [0.15, 0.2) is 10.5 Å².